The van der Waals surface area contributed by atoms with Crippen molar-refractivity contribution >= 4 is 28.3 Å². The van der Waals surface area contributed by atoms with Gasteiger partial charge in [0.1, 0.15) is 6.33 Å². The maximum atomic E-state index is 8.88. The molecule has 0 unspecified atom stereocenters. The molecule has 5 aromatic rings. The number of hydrogen-bond acceptors (Lipinski definition) is 5. The highest BCUT2D eigenvalue weighted by molar-refractivity contribution is 5.77. The van der Waals surface area contributed by atoms with Gasteiger partial charge in [-0.2, -0.15) is 10.2 Å². The molecule has 2 aromatic carbocycles. The Bertz CT molecular complexity index is 1310. The summed E-state index contributed by atoms with van der Waals surface area (Å²) < 4.78 is 3.74. The largest absolute Gasteiger partial charge is 0.323 e. The standard InChI is InChI=1S/C20H13N7/c21-12-14-5-7-15(8-6-14)23-20-24-19-11-16(9-10-27(19)25-20)26-13-22-17-3-1-2-4-18(17)26/h1-11,13H,(H,23,25). The van der Waals surface area contributed by atoms with Crippen molar-refractivity contribution < 1.29 is 0 Å². The number of nitriles is 1. The molecule has 7 heteroatoms. The van der Waals surface area contributed by atoms with Crippen molar-refractivity contribution in [1.29, 1.82) is 5.26 Å². The van der Waals surface area contributed by atoms with E-state index in [4.69, 9.17) is 5.26 Å². The summed E-state index contributed by atoms with van der Waals surface area (Å²) in [6.07, 6.45) is 3.68. The third-order valence-electron chi connectivity index (χ3n) is 4.32. The van der Waals surface area contributed by atoms with E-state index in [1.807, 2.05) is 65.6 Å². The lowest BCUT2D eigenvalue weighted by Crippen LogP contribution is -1.95. The first kappa shape index (κ1) is 15.1. The maximum Gasteiger partial charge on any atom is 0.247 e. The van der Waals surface area contributed by atoms with Gasteiger partial charge in [0.2, 0.25) is 5.95 Å². The minimum Gasteiger partial charge on any atom is -0.323 e. The quantitative estimate of drug-likeness (QED) is 0.536. The van der Waals surface area contributed by atoms with Gasteiger partial charge in [-0.05, 0) is 42.5 Å². The predicted octanol–water partition coefficient (Wildman–Crippen LogP) is 3.68. The van der Waals surface area contributed by atoms with Crippen molar-refractivity contribution in [3.8, 4) is 11.8 Å². The van der Waals surface area contributed by atoms with E-state index in [1.54, 1.807) is 16.6 Å². The van der Waals surface area contributed by atoms with Crippen molar-refractivity contribution in [1.82, 2.24) is 24.1 Å². The molecule has 0 aliphatic carbocycles. The van der Waals surface area contributed by atoms with Crippen LogP contribution in [0.5, 0.6) is 0 Å². The minimum absolute atomic E-state index is 0.493. The Labute approximate surface area is 154 Å². The van der Waals surface area contributed by atoms with Gasteiger partial charge in [0, 0.05) is 18.0 Å². The summed E-state index contributed by atoms with van der Waals surface area (Å²) in [4.78, 5) is 8.98. The number of nitrogens with zero attached hydrogens (tertiary/aromatic N) is 6. The van der Waals surface area contributed by atoms with E-state index in [9.17, 15) is 0 Å². The third kappa shape index (κ3) is 2.65. The lowest BCUT2D eigenvalue weighted by molar-refractivity contribution is 0.956. The molecule has 0 radical (unpaired) electrons. The van der Waals surface area contributed by atoms with Gasteiger partial charge < -0.3 is 5.32 Å². The molecule has 0 fully saturated rings. The zero-order valence-electron chi connectivity index (χ0n) is 14.1. The molecular weight excluding hydrogens is 338 g/mol. The molecule has 7 nitrogen and oxygen atoms in total. The molecule has 0 amide bonds. The van der Waals surface area contributed by atoms with Crippen molar-refractivity contribution in [3.05, 3.63) is 78.8 Å². The molecule has 3 aromatic heterocycles. The smallest absolute Gasteiger partial charge is 0.247 e. The number of fused-ring (bicyclic) bond motifs is 2. The summed E-state index contributed by atoms with van der Waals surface area (Å²) in [5.74, 6) is 0.493. The summed E-state index contributed by atoms with van der Waals surface area (Å²) in [5, 5.41) is 16.5. The predicted molar refractivity (Wildman–Crippen MR) is 102 cm³/mol. The number of benzene rings is 2. The van der Waals surface area contributed by atoms with Gasteiger partial charge in [0.05, 0.1) is 28.4 Å². The Hall–Kier alpha value is -4.18. The van der Waals surface area contributed by atoms with E-state index >= 15 is 0 Å². The van der Waals surface area contributed by atoms with Crippen LogP contribution in [0.25, 0.3) is 22.4 Å². The number of pyridine rings is 1. The number of anilines is 2. The lowest BCUT2D eigenvalue weighted by Gasteiger charge is -2.03. The van der Waals surface area contributed by atoms with Gasteiger partial charge in [-0.15, -0.1) is 5.10 Å². The fourth-order valence-electron chi connectivity index (χ4n) is 3.00. The maximum absolute atomic E-state index is 8.88. The fraction of sp³-hybridized carbons (Fsp3) is 0. The van der Waals surface area contributed by atoms with Crippen LogP contribution in [0.15, 0.2) is 73.2 Å². The molecule has 0 aliphatic heterocycles. The van der Waals surface area contributed by atoms with Crippen LogP contribution >= 0.6 is 0 Å². The molecular formula is C20H13N7. The molecule has 0 saturated heterocycles. The van der Waals surface area contributed by atoms with Crippen LogP contribution in [0, 0.1) is 11.3 Å². The average molecular weight is 351 g/mol. The molecule has 27 heavy (non-hydrogen) atoms. The Kier molecular flexibility index (Phi) is 3.34. The number of para-hydroxylation sites is 2. The first-order chi connectivity index (χ1) is 13.3. The first-order valence-corrected chi connectivity index (χ1v) is 8.36. The van der Waals surface area contributed by atoms with Crippen LogP contribution in [0.3, 0.4) is 0 Å². The van der Waals surface area contributed by atoms with Crippen molar-refractivity contribution in [2.45, 2.75) is 0 Å². The zero-order chi connectivity index (χ0) is 18.2. The Morgan fingerprint density at radius 1 is 1.00 bits per heavy atom. The molecule has 5 rings (SSSR count). The number of imidazole rings is 1. The fourth-order valence-corrected chi connectivity index (χ4v) is 3.00. The normalized spacial score (nSPS) is 10.9. The molecule has 128 valence electrons. The molecule has 0 atom stereocenters. The highest BCUT2D eigenvalue weighted by Crippen LogP contribution is 2.20. The third-order valence-corrected chi connectivity index (χ3v) is 4.32. The zero-order valence-corrected chi connectivity index (χ0v) is 14.1. The molecule has 0 aliphatic rings. The average Bonchev–Trinajstić information content (AvgIpc) is 3.31. The molecule has 0 bridgehead atoms. The number of aromatic nitrogens is 5. The van der Waals surface area contributed by atoms with Gasteiger partial charge in [-0.1, -0.05) is 12.1 Å². The minimum atomic E-state index is 0.493. The van der Waals surface area contributed by atoms with Crippen LogP contribution in [0.4, 0.5) is 11.6 Å². The van der Waals surface area contributed by atoms with E-state index in [2.05, 4.69) is 26.5 Å². The second kappa shape index (κ2) is 5.97. The topological polar surface area (TPSA) is 83.8 Å². The SMILES string of the molecule is N#Cc1ccc(Nc2nc3cc(-n4cnc5ccccc54)ccn3n2)cc1. The Balaban J connectivity index is 1.50. The van der Waals surface area contributed by atoms with E-state index in [1.165, 1.54) is 0 Å². The number of nitrogens with one attached hydrogen (secondary N) is 1. The summed E-state index contributed by atoms with van der Waals surface area (Å²) in [6, 6.07) is 21.2. The number of hydrogen-bond donors (Lipinski definition) is 1. The van der Waals surface area contributed by atoms with Gasteiger partial charge in [-0.25, -0.2) is 9.50 Å². The van der Waals surface area contributed by atoms with Crippen LogP contribution in [0.2, 0.25) is 0 Å². The van der Waals surface area contributed by atoms with Crippen LogP contribution in [-0.4, -0.2) is 24.1 Å². The second-order valence-electron chi connectivity index (χ2n) is 6.04. The summed E-state index contributed by atoms with van der Waals surface area (Å²) >= 11 is 0. The van der Waals surface area contributed by atoms with Crippen molar-refractivity contribution in [3.63, 3.8) is 0 Å². The highest BCUT2D eigenvalue weighted by atomic mass is 15.3. The summed E-state index contributed by atoms with van der Waals surface area (Å²) in [5.41, 5.74) is 5.11. The highest BCUT2D eigenvalue weighted by Gasteiger charge is 2.08. The second-order valence-corrected chi connectivity index (χ2v) is 6.04. The van der Waals surface area contributed by atoms with Gasteiger partial charge >= 0.3 is 0 Å². The Morgan fingerprint density at radius 2 is 1.85 bits per heavy atom. The molecule has 0 saturated carbocycles. The van der Waals surface area contributed by atoms with Crippen LogP contribution in [-0.2, 0) is 0 Å². The van der Waals surface area contributed by atoms with E-state index < -0.39 is 0 Å². The van der Waals surface area contributed by atoms with Gasteiger partial charge in [-0.3, -0.25) is 4.57 Å². The van der Waals surface area contributed by atoms with E-state index in [-0.39, 0.29) is 0 Å². The van der Waals surface area contributed by atoms with Crippen molar-refractivity contribution in [2.24, 2.45) is 0 Å². The monoisotopic (exact) mass is 351 g/mol. The summed E-state index contributed by atoms with van der Waals surface area (Å²) in [6.45, 7) is 0. The molecule has 1 N–H and O–H groups in total. The summed E-state index contributed by atoms with van der Waals surface area (Å²) in [7, 11) is 0. The first-order valence-electron chi connectivity index (χ1n) is 8.36. The Morgan fingerprint density at radius 3 is 2.70 bits per heavy atom. The van der Waals surface area contributed by atoms with Crippen molar-refractivity contribution in [2.75, 3.05) is 5.32 Å². The number of rotatable bonds is 3. The van der Waals surface area contributed by atoms with Crippen LogP contribution < -0.4 is 5.32 Å². The molecule has 0 spiro atoms. The van der Waals surface area contributed by atoms with E-state index in [0.29, 0.717) is 11.5 Å². The molecule has 3 heterocycles. The van der Waals surface area contributed by atoms with Crippen LogP contribution in [0.1, 0.15) is 5.56 Å². The van der Waals surface area contributed by atoms with E-state index in [0.717, 1.165) is 28.1 Å². The van der Waals surface area contributed by atoms with Gasteiger partial charge in [0.25, 0.3) is 0 Å². The van der Waals surface area contributed by atoms with Gasteiger partial charge in [0.15, 0.2) is 5.65 Å². The lowest BCUT2D eigenvalue weighted by atomic mass is 10.2.